The molecule has 1 fully saturated rings. The molecule has 0 bridgehead atoms. The van der Waals surface area contributed by atoms with E-state index in [1.165, 1.54) is 12.1 Å². The summed E-state index contributed by atoms with van der Waals surface area (Å²) < 4.78 is 13.5. The van der Waals surface area contributed by atoms with Crippen molar-refractivity contribution in [3.05, 3.63) is 35.1 Å². The quantitative estimate of drug-likeness (QED) is 0.568. The second-order valence-electron chi connectivity index (χ2n) is 4.47. The number of halogens is 1. The van der Waals surface area contributed by atoms with Crippen LogP contribution in [0.1, 0.15) is 11.1 Å². The van der Waals surface area contributed by atoms with Crippen molar-refractivity contribution in [2.45, 2.75) is 6.54 Å². The van der Waals surface area contributed by atoms with Gasteiger partial charge in [-0.1, -0.05) is 11.8 Å². The molecule has 1 aliphatic heterocycles. The Labute approximate surface area is 115 Å². The molecule has 0 atom stereocenters. The van der Waals surface area contributed by atoms with Gasteiger partial charge < -0.3 is 5.73 Å². The van der Waals surface area contributed by atoms with Crippen LogP contribution in [0.25, 0.3) is 0 Å². The highest BCUT2D eigenvalue weighted by Gasteiger charge is 2.22. The van der Waals surface area contributed by atoms with Gasteiger partial charge in [-0.05, 0) is 23.8 Å². The number of carbonyl (C=O) groups excluding carboxylic acids is 2. The highest BCUT2D eigenvalue weighted by atomic mass is 19.1. The van der Waals surface area contributed by atoms with Gasteiger partial charge in [0.15, 0.2) is 0 Å². The van der Waals surface area contributed by atoms with Crippen molar-refractivity contribution in [2.24, 2.45) is 5.73 Å². The monoisotopic (exact) mass is 275 g/mol. The van der Waals surface area contributed by atoms with E-state index in [-0.39, 0.29) is 31.4 Å². The zero-order valence-electron chi connectivity index (χ0n) is 10.8. The zero-order chi connectivity index (χ0) is 14.5. The molecule has 1 heterocycles. The Kier molecular flexibility index (Phi) is 4.45. The van der Waals surface area contributed by atoms with Gasteiger partial charge in [0.1, 0.15) is 5.82 Å². The first-order valence-electron chi connectivity index (χ1n) is 6.10. The van der Waals surface area contributed by atoms with Gasteiger partial charge in [-0.25, -0.2) is 4.39 Å². The number of hydrogen-bond acceptors (Lipinski definition) is 4. The standard InChI is InChI=1S/C14H14FN3O2/c15-12-5-10(2-1-3-16)4-11(6-12)7-18-8-13(19)17-14(20)9-18/h4-6H,3,7-9,16H2,(H,17,19,20). The number of benzene rings is 1. The van der Waals surface area contributed by atoms with E-state index in [9.17, 15) is 14.0 Å². The van der Waals surface area contributed by atoms with Gasteiger partial charge in [0.2, 0.25) is 11.8 Å². The Morgan fingerprint density at radius 2 is 1.95 bits per heavy atom. The van der Waals surface area contributed by atoms with Crippen molar-refractivity contribution in [2.75, 3.05) is 19.6 Å². The number of piperazine rings is 1. The molecular weight excluding hydrogens is 261 g/mol. The Morgan fingerprint density at radius 3 is 2.60 bits per heavy atom. The molecule has 5 nitrogen and oxygen atoms in total. The fraction of sp³-hybridized carbons (Fsp3) is 0.286. The summed E-state index contributed by atoms with van der Waals surface area (Å²) in [4.78, 5) is 24.2. The Hall–Kier alpha value is -2.23. The lowest BCUT2D eigenvalue weighted by Gasteiger charge is -2.25. The molecule has 0 spiro atoms. The molecule has 2 amide bonds. The third kappa shape index (κ3) is 3.88. The van der Waals surface area contributed by atoms with Crippen molar-refractivity contribution < 1.29 is 14.0 Å². The topological polar surface area (TPSA) is 75.4 Å². The minimum Gasteiger partial charge on any atom is -0.320 e. The summed E-state index contributed by atoms with van der Waals surface area (Å²) >= 11 is 0. The molecule has 3 N–H and O–H groups in total. The minimum absolute atomic E-state index is 0.117. The molecular formula is C14H14FN3O2. The smallest absolute Gasteiger partial charge is 0.240 e. The van der Waals surface area contributed by atoms with Crippen LogP contribution < -0.4 is 11.1 Å². The van der Waals surface area contributed by atoms with E-state index in [1.807, 2.05) is 0 Å². The number of imide groups is 1. The Balaban J connectivity index is 2.14. The summed E-state index contributed by atoms with van der Waals surface area (Å²) in [5.41, 5.74) is 6.46. The largest absolute Gasteiger partial charge is 0.320 e. The van der Waals surface area contributed by atoms with Gasteiger partial charge in [0.05, 0.1) is 19.6 Å². The number of nitrogens with two attached hydrogens (primary N) is 1. The van der Waals surface area contributed by atoms with Crippen molar-refractivity contribution >= 4 is 11.8 Å². The average molecular weight is 275 g/mol. The molecule has 20 heavy (non-hydrogen) atoms. The SMILES string of the molecule is NCC#Cc1cc(F)cc(CN2CC(=O)NC(=O)C2)c1. The summed E-state index contributed by atoms with van der Waals surface area (Å²) in [5.74, 6) is 4.32. The second-order valence-corrected chi connectivity index (χ2v) is 4.47. The summed E-state index contributed by atoms with van der Waals surface area (Å²) in [6.07, 6.45) is 0. The fourth-order valence-electron chi connectivity index (χ4n) is 2.03. The van der Waals surface area contributed by atoms with Crippen LogP contribution in [0.15, 0.2) is 18.2 Å². The Morgan fingerprint density at radius 1 is 1.25 bits per heavy atom. The van der Waals surface area contributed by atoms with E-state index in [0.29, 0.717) is 17.7 Å². The maximum atomic E-state index is 13.5. The van der Waals surface area contributed by atoms with Crippen LogP contribution in [-0.2, 0) is 16.1 Å². The van der Waals surface area contributed by atoms with Gasteiger partial charge >= 0.3 is 0 Å². The van der Waals surface area contributed by atoms with E-state index in [1.54, 1.807) is 11.0 Å². The summed E-state index contributed by atoms with van der Waals surface area (Å²) in [5, 5.41) is 2.22. The second kappa shape index (κ2) is 6.28. The fourth-order valence-corrected chi connectivity index (χ4v) is 2.03. The van der Waals surface area contributed by atoms with Crippen molar-refractivity contribution in [3.8, 4) is 11.8 Å². The number of nitrogens with one attached hydrogen (secondary N) is 1. The first-order chi connectivity index (χ1) is 9.56. The van der Waals surface area contributed by atoms with E-state index < -0.39 is 5.82 Å². The van der Waals surface area contributed by atoms with Crippen LogP contribution in [-0.4, -0.2) is 36.3 Å². The summed E-state index contributed by atoms with van der Waals surface area (Å²) in [7, 11) is 0. The lowest BCUT2D eigenvalue weighted by atomic mass is 10.1. The van der Waals surface area contributed by atoms with Crippen LogP contribution >= 0.6 is 0 Å². The lowest BCUT2D eigenvalue weighted by Crippen LogP contribution is -2.50. The molecule has 1 aromatic carbocycles. The molecule has 0 radical (unpaired) electrons. The lowest BCUT2D eigenvalue weighted by molar-refractivity contribution is -0.136. The van der Waals surface area contributed by atoms with Crippen molar-refractivity contribution in [1.29, 1.82) is 0 Å². The van der Waals surface area contributed by atoms with Crippen LogP contribution in [0.5, 0.6) is 0 Å². The van der Waals surface area contributed by atoms with Crippen LogP contribution in [0.2, 0.25) is 0 Å². The molecule has 2 rings (SSSR count). The summed E-state index contributed by atoms with van der Waals surface area (Å²) in [6, 6.07) is 4.41. The van der Waals surface area contributed by atoms with Gasteiger partial charge in [-0.15, -0.1) is 0 Å². The van der Waals surface area contributed by atoms with E-state index in [4.69, 9.17) is 5.73 Å². The number of amides is 2. The van der Waals surface area contributed by atoms with Gasteiger partial charge in [0.25, 0.3) is 0 Å². The normalized spacial score (nSPS) is 15.5. The first kappa shape index (κ1) is 14.2. The highest BCUT2D eigenvalue weighted by molar-refractivity contribution is 5.99. The Bertz CT molecular complexity index is 588. The molecule has 104 valence electrons. The average Bonchev–Trinajstić information content (AvgIpc) is 2.34. The molecule has 1 saturated heterocycles. The van der Waals surface area contributed by atoms with Crippen LogP contribution in [0.3, 0.4) is 0 Å². The highest BCUT2D eigenvalue weighted by Crippen LogP contribution is 2.12. The number of hydrogen-bond donors (Lipinski definition) is 2. The molecule has 1 aromatic rings. The van der Waals surface area contributed by atoms with Gasteiger partial charge in [-0.3, -0.25) is 19.8 Å². The summed E-state index contributed by atoms with van der Waals surface area (Å²) in [6.45, 7) is 0.749. The predicted molar refractivity (Wildman–Crippen MR) is 70.8 cm³/mol. The van der Waals surface area contributed by atoms with Crippen LogP contribution in [0, 0.1) is 17.7 Å². The maximum Gasteiger partial charge on any atom is 0.240 e. The predicted octanol–water partition coefficient (Wildman–Crippen LogP) is -0.406. The number of carbonyl (C=O) groups is 2. The van der Waals surface area contributed by atoms with Crippen molar-refractivity contribution in [3.63, 3.8) is 0 Å². The van der Waals surface area contributed by atoms with Crippen LogP contribution in [0.4, 0.5) is 4.39 Å². The number of rotatable bonds is 2. The first-order valence-corrected chi connectivity index (χ1v) is 6.10. The van der Waals surface area contributed by atoms with Crippen molar-refractivity contribution in [1.82, 2.24) is 10.2 Å². The molecule has 0 aromatic heterocycles. The number of nitrogens with zero attached hydrogens (tertiary/aromatic N) is 1. The molecule has 6 heteroatoms. The van der Waals surface area contributed by atoms with Gasteiger partial charge in [0, 0.05) is 12.1 Å². The minimum atomic E-state index is -0.406. The molecule has 0 saturated carbocycles. The third-order valence-electron chi connectivity index (χ3n) is 2.71. The molecule has 0 aliphatic carbocycles. The maximum absolute atomic E-state index is 13.5. The zero-order valence-corrected chi connectivity index (χ0v) is 10.8. The van der Waals surface area contributed by atoms with E-state index >= 15 is 0 Å². The molecule has 1 aliphatic rings. The third-order valence-corrected chi connectivity index (χ3v) is 2.71. The van der Waals surface area contributed by atoms with Gasteiger partial charge in [-0.2, -0.15) is 0 Å². The molecule has 0 unspecified atom stereocenters. The van der Waals surface area contributed by atoms with E-state index in [2.05, 4.69) is 17.2 Å². The van der Waals surface area contributed by atoms with E-state index in [0.717, 1.165) is 0 Å².